The number of hydrogen-bond donors (Lipinski definition) is 1. The second-order valence-electron chi connectivity index (χ2n) is 7.33. The maximum atomic E-state index is 6.15. The molecule has 0 spiro atoms. The van der Waals surface area contributed by atoms with Gasteiger partial charge in [-0.3, -0.25) is 4.98 Å². The van der Waals surface area contributed by atoms with Crippen LogP contribution < -0.4 is 5.32 Å². The number of nitrogens with zero attached hydrogens (tertiary/aromatic N) is 3. The van der Waals surface area contributed by atoms with Crippen LogP contribution in [0.1, 0.15) is 39.8 Å². The lowest BCUT2D eigenvalue weighted by Crippen LogP contribution is -2.38. The van der Waals surface area contributed by atoms with E-state index in [0.717, 1.165) is 23.5 Å². The van der Waals surface area contributed by atoms with E-state index in [2.05, 4.69) is 48.0 Å². The van der Waals surface area contributed by atoms with Gasteiger partial charge in [-0.05, 0) is 53.2 Å². The Morgan fingerprint density at radius 1 is 1.22 bits per heavy atom. The number of aromatic nitrogens is 3. The molecule has 5 heteroatoms. The zero-order chi connectivity index (χ0) is 16.7. The minimum atomic E-state index is -0.239. The van der Waals surface area contributed by atoms with Gasteiger partial charge in [-0.1, -0.05) is 0 Å². The van der Waals surface area contributed by atoms with Gasteiger partial charge in [0.1, 0.15) is 5.82 Å². The predicted octanol–water partition coefficient (Wildman–Crippen LogP) is 3.61. The van der Waals surface area contributed by atoms with E-state index in [4.69, 9.17) is 4.74 Å². The number of aryl methyl sites for hydroxylation is 1. The average Bonchev–Trinajstić information content (AvgIpc) is 2.66. The molecule has 1 aliphatic heterocycles. The molecule has 1 N–H and O–H groups in total. The smallest absolute Gasteiger partial charge is 0.163 e. The van der Waals surface area contributed by atoms with Gasteiger partial charge in [-0.25, -0.2) is 9.97 Å². The zero-order valence-corrected chi connectivity index (χ0v) is 14.4. The summed E-state index contributed by atoms with van der Waals surface area (Å²) < 4.78 is 6.15. The molecule has 1 atom stereocenters. The van der Waals surface area contributed by atoms with Gasteiger partial charge in [-0.2, -0.15) is 0 Å². The Kier molecular flexibility index (Phi) is 3.84. The largest absolute Gasteiger partial charge is 0.367 e. The lowest BCUT2D eigenvalue weighted by molar-refractivity contribution is -0.0662. The van der Waals surface area contributed by atoms with Gasteiger partial charge in [0.25, 0.3) is 0 Å². The third-order valence-corrected chi connectivity index (χ3v) is 4.17. The number of nitrogens with one attached hydrogen (secondary N) is 1. The van der Waals surface area contributed by atoms with Crippen LogP contribution in [0, 0.1) is 6.92 Å². The van der Waals surface area contributed by atoms with E-state index in [1.54, 1.807) is 12.4 Å². The minimum Gasteiger partial charge on any atom is -0.367 e. The molecule has 1 unspecified atom stereocenters. The van der Waals surface area contributed by atoms with Crippen molar-refractivity contribution in [2.24, 2.45) is 0 Å². The molecule has 1 fully saturated rings. The van der Waals surface area contributed by atoms with Crippen molar-refractivity contribution in [1.29, 1.82) is 0 Å². The topological polar surface area (TPSA) is 59.9 Å². The fourth-order valence-corrected chi connectivity index (χ4v) is 3.23. The van der Waals surface area contributed by atoms with Crippen molar-refractivity contribution in [3.63, 3.8) is 0 Å². The maximum absolute atomic E-state index is 6.15. The summed E-state index contributed by atoms with van der Waals surface area (Å²) >= 11 is 0. The van der Waals surface area contributed by atoms with Crippen LogP contribution in [-0.2, 0) is 4.74 Å². The third kappa shape index (κ3) is 3.50. The summed E-state index contributed by atoms with van der Waals surface area (Å²) in [5.41, 5.74) is 1.48. The Morgan fingerprint density at radius 3 is 2.61 bits per heavy atom. The van der Waals surface area contributed by atoms with Crippen LogP contribution in [0.2, 0.25) is 0 Å². The first-order valence-corrected chi connectivity index (χ1v) is 7.98. The molecule has 0 amide bonds. The number of ether oxygens (including phenoxy) is 1. The molecular formula is C18H24N4O. The third-order valence-electron chi connectivity index (χ3n) is 4.17. The summed E-state index contributed by atoms with van der Waals surface area (Å²) in [7, 11) is 0. The minimum absolute atomic E-state index is 0.130. The summed E-state index contributed by atoms with van der Waals surface area (Å²) in [5.74, 6) is 1.52. The standard InChI is InChI=1S/C18H24N4O/c1-12-9-15(21-14-10-17(2,3)23-18(14,4)5)22-16(20-12)13-7-6-8-19-11-13/h6-9,11,14H,10H2,1-5H3,(H,20,21,22). The first-order chi connectivity index (χ1) is 10.8. The van der Waals surface area contributed by atoms with Gasteiger partial charge in [0, 0.05) is 29.7 Å². The Morgan fingerprint density at radius 2 is 2.00 bits per heavy atom. The van der Waals surface area contributed by atoms with Gasteiger partial charge < -0.3 is 10.1 Å². The van der Waals surface area contributed by atoms with E-state index in [0.29, 0.717) is 5.82 Å². The molecule has 0 radical (unpaired) electrons. The molecule has 5 nitrogen and oxygen atoms in total. The molecular weight excluding hydrogens is 288 g/mol. The van der Waals surface area contributed by atoms with E-state index in [1.807, 2.05) is 25.1 Å². The molecule has 3 heterocycles. The van der Waals surface area contributed by atoms with E-state index >= 15 is 0 Å². The molecule has 3 rings (SSSR count). The monoisotopic (exact) mass is 312 g/mol. The van der Waals surface area contributed by atoms with Crippen molar-refractivity contribution >= 4 is 5.82 Å². The normalized spacial score (nSPS) is 22.0. The van der Waals surface area contributed by atoms with Crippen LogP contribution in [0.4, 0.5) is 5.82 Å². The van der Waals surface area contributed by atoms with Crippen molar-refractivity contribution in [1.82, 2.24) is 15.0 Å². The van der Waals surface area contributed by atoms with Crippen LogP contribution in [0.15, 0.2) is 30.6 Å². The summed E-state index contributed by atoms with van der Waals surface area (Å²) in [6.07, 6.45) is 4.47. The summed E-state index contributed by atoms with van der Waals surface area (Å²) in [6, 6.07) is 6.04. The highest BCUT2D eigenvalue weighted by Crippen LogP contribution is 2.38. The molecule has 2 aromatic heterocycles. The highest BCUT2D eigenvalue weighted by Gasteiger charge is 2.46. The molecule has 0 bridgehead atoms. The lowest BCUT2D eigenvalue weighted by atomic mass is 9.94. The summed E-state index contributed by atoms with van der Waals surface area (Å²) in [5, 5.41) is 3.54. The van der Waals surface area contributed by atoms with Gasteiger partial charge >= 0.3 is 0 Å². The van der Waals surface area contributed by atoms with E-state index in [1.165, 1.54) is 0 Å². The predicted molar refractivity (Wildman–Crippen MR) is 91.3 cm³/mol. The Balaban J connectivity index is 1.88. The van der Waals surface area contributed by atoms with Crippen molar-refractivity contribution in [2.75, 3.05) is 5.32 Å². The molecule has 0 aliphatic carbocycles. The van der Waals surface area contributed by atoms with Gasteiger partial charge in [0.05, 0.1) is 17.2 Å². The number of anilines is 1. The zero-order valence-electron chi connectivity index (χ0n) is 14.4. The molecule has 2 aromatic rings. The highest BCUT2D eigenvalue weighted by molar-refractivity contribution is 5.56. The highest BCUT2D eigenvalue weighted by atomic mass is 16.5. The number of rotatable bonds is 3. The molecule has 1 saturated heterocycles. The first kappa shape index (κ1) is 15.9. The van der Waals surface area contributed by atoms with E-state index < -0.39 is 0 Å². The van der Waals surface area contributed by atoms with Crippen LogP contribution in [-0.4, -0.2) is 32.2 Å². The molecule has 1 aliphatic rings. The number of pyridine rings is 1. The quantitative estimate of drug-likeness (QED) is 0.938. The molecule has 122 valence electrons. The fourth-order valence-electron chi connectivity index (χ4n) is 3.23. The van der Waals surface area contributed by atoms with Crippen molar-refractivity contribution in [3.05, 3.63) is 36.3 Å². The lowest BCUT2D eigenvalue weighted by Gasteiger charge is -2.28. The summed E-state index contributed by atoms with van der Waals surface area (Å²) in [4.78, 5) is 13.3. The molecule has 0 saturated carbocycles. The average molecular weight is 312 g/mol. The second kappa shape index (κ2) is 5.57. The van der Waals surface area contributed by atoms with Crippen LogP contribution >= 0.6 is 0 Å². The van der Waals surface area contributed by atoms with Crippen molar-refractivity contribution in [2.45, 2.75) is 58.3 Å². The fraction of sp³-hybridized carbons (Fsp3) is 0.500. The van der Waals surface area contributed by atoms with Gasteiger partial charge in [-0.15, -0.1) is 0 Å². The Labute approximate surface area is 137 Å². The Hall–Kier alpha value is -2.01. The van der Waals surface area contributed by atoms with Crippen molar-refractivity contribution < 1.29 is 4.74 Å². The molecule has 23 heavy (non-hydrogen) atoms. The van der Waals surface area contributed by atoms with Crippen molar-refractivity contribution in [3.8, 4) is 11.4 Å². The maximum Gasteiger partial charge on any atom is 0.163 e. The summed E-state index contributed by atoms with van der Waals surface area (Å²) in [6.45, 7) is 10.5. The molecule has 0 aromatic carbocycles. The SMILES string of the molecule is Cc1cc(NC2CC(C)(C)OC2(C)C)nc(-c2cccnc2)n1. The number of hydrogen-bond acceptors (Lipinski definition) is 5. The van der Waals surface area contributed by atoms with Gasteiger partial charge in [0.15, 0.2) is 5.82 Å². The van der Waals surface area contributed by atoms with E-state index in [-0.39, 0.29) is 17.2 Å². The van der Waals surface area contributed by atoms with Crippen LogP contribution in [0.5, 0.6) is 0 Å². The van der Waals surface area contributed by atoms with Gasteiger partial charge in [0.2, 0.25) is 0 Å². The first-order valence-electron chi connectivity index (χ1n) is 7.98. The second-order valence-corrected chi connectivity index (χ2v) is 7.33. The van der Waals surface area contributed by atoms with Crippen LogP contribution in [0.3, 0.4) is 0 Å². The Bertz CT molecular complexity index is 697. The van der Waals surface area contributed by atoms with E-state index in [9.17, 15) is 0 Å². The van der Waals surface area contributed by atoms with Crippen LogP contribution in [0.25, 0.3) is 11.4 Å².